The lowest BCUT2D eigenvalue weighted by Gasteiger charge is -2.23. The van der Waals surface area contributed by atoms with Crippen LogP contribution in [0.2, 0.25) is 19.1 Å². The van der Waals surface area contributed by atoms with Crippen molar-refractivity contribution in [2.75, 3.05) is 6.61 Å². The Balaban J connectivity index is 1.89. The van der Waals surface area contributed by atoms with E-state index in [9.17, 15) is 0 Å². The molecule has 1 aromatic heterocycles. The summed E-state index contributed by atoms with van der Waals surface area (Å²) in [6, 6.07) is 5.34. The number of aromatic nitrogens is 1. The first-order valence-corrected chi connectivity index (χ1v) is 10.6. The number of hydrogen-bond donors (Lipinski definition) is 0. The maximum Gasteiger partial charge on any atom is 0.158 e. The minimum absolute atomic E-state index is 0.0324. The molecule has 0 bridgehead atoms. The normalized spacial score (nSPS) is 19.8. The second kappa shape index (κ2) is 7.15. The largest absolute Gasteiger partial charge is 0.353 e. The molecule has 0 aliphatic carbocycles. The Labute approximate surface area is 123 Å². The van der Waals surface area contributed by atoms with Gasteiger partial charge in [-0.15, -0.1) is 6.58 Å². The molecule has 0 spiro atoms. The smallest absolute Gasteiger partial charge is 0.158 e. The van der Waals surface area contributed by atoms with Crippen LogP contribution in [0, 0.1) is 0 Å². The Hall–Kier alpha value is -0.973. The topological polar surface area (TPSA) is 31.4 Å². The van der Waals surface area contributed by atoms with Gasteiger partial charge in [-0.3, -0.25) is 4.98 Å². The zero-order valence-electron chi connectivity index (χ0n) is 12.6. The highest BCUT2D eigenvalue weighted by Crippen LogP contribution is 2.15. The van der Waals surface area contributed by atoms with Gasteiger partial charge in [-0.25, -0.2) is 0 Å². The molecular formula is C16H25NO2Si. The van der Waals surface area contributed by atoms with Gasteiger partial charge in [0.05, 0.1) is 6.61 Å². The number of pyridine rings is 1. The van der Waals surface area contributed by atoms with Crippen molar-refractivity contribution in [3.63, 3.8) is 0 Å². The first-order valence-electron chi connectivity index (χ1n) is 7.41. The monoisotopic (exact) mass is 291 g/mol. The Bertz CT molecular complexity index is 425. The third kappa shape index (κ3) is 4.26. The zero-order valence-corrected chi connectivity index (χ0v) is 13.6. The SMILES string of the molecule is C=CC[Si](C)(C)c1ccc(COC2CCCCO2)cn1. The van der Waals surface area contributed by atoms with Gasteiger partial charge < -0.3 is 9.47 Å². The van der Waals surface area contributed by atoms with Crippen LogP contribution in [0.3, 0.4) is 0 Å². The van der Waals surface area contributed by atoms with E-state index in [1.54, 1.807) is 0 Å². The standard InChI is InChI=1S/C16H25NO2Si/c1-4-11-20(2,3)15-9-8-14(12-17-15)13-19-16-7-5-6-10-18-16/h4,8-9,12,16H,1,5-7,10-11,13H2,2-3H3. The van der Waals surface area contributed by atoms with Crippen LogP contribution >= 0.6 is 0 Å². The van der Waals surface area contributed by atoms with E-state index in [0.29, 0.717) is 6.61 Å². The molecule has 2 heterocycles. The summed E-state index contributed by atoms with van der Waals surface area (Å²) in [4.78, 5) is 4.63. The van der Waals surface area contributed by atoms with Gasteiger partial charge in [-0.1, -0.05) is 25.2 Å². The zero-order chi connectivity index (χ0) is 14.4. The predicted octanol–water partition coefficient (Wildman–Crippen LogP) is 3.23. The Morgan fingerprint density at radius 2 is 2.30 bits per heavy atom. The van der Waals surface area contributed by atoms with Gasteiger partial charge in [0.25, 0.3) is 0 Å². The van der Waals surface area contributed by atoms with Crippen LogP contribution in [0.25, 0.3) is 0 Å². The predicted molar refractivity (Wildman–Crippen MR) is 84.7 cm³/mol. The van der Waals surface area contributed by atoms with Crippen LogP contribution in [0.15, 0.2) is 31.0 Å². The van der Waals surface area contributed by atoms with E-state index >= 15 is 0 Å². The number of rotatable bonds is 6. The average molecular weight is 291 g/mol. The molecule has 2 rings (SSSR count). The number of nitrogens with zero attached hydrogens (tertiary/aromatic N) is 1. The van der Waals surface area contributed by atoms with Crippen molar-refractivity contribution in [3.8, 4) is 0 Å². The van der Waals surface area contributed by atoms with Gasteiger partial charge in [0.1, 0.15) is 8.07 Å². The lowest BCUT2D eigenvalue weighted by molar-refractivity contribution is -0.168. The molecular weight excluding hydrogens is 266 g/mol. The second-order valence-corrected chi connectivity index (χ2v) is 10.7. The summed E-state index contributed by atoms with van der Waals surface area (Å²) in [6.07, 6.45) is 7.27. The van der Waals surface area contributed by atoms with Crippen LogP contribution in [-0.2, 0) is 16.1 Å². The second-order valence-electron chi connectivity index (χ2n) is 6.04. The molecule has 1 aromatic rings. The van der Waals surface area contributed by atoms with E-state index in [-0.39, 0.29) is 6.29 Å². The van der Waals surface area contributed by atoms with Gasteiger partial charge in [-0.2, -0.15) is 0 Å². The molecule has 1 aliphatic heterocycles. The highest BCUT2D eigenvalue weighted by Gasteiger charge is 2.23. The summed E-state index contributed by atoms with van der Waals surface area (Å²) in [6.45, 7) is 9.90. The number of ether oxygens (including phenoxy) is 2. The summed E-state index contributed by atoms with van der Waals surface area (Å²) < 4.78 is 11.3. The third-order valence-corrected chi connectivity index (χ3v) is 6.74. The van der Waals surface area contributed by atoms with Gasteiger partial charge in [0.15, 0.2) is 6.29 Å². The molecule has 1 aliphatic rings. The molecule has 110 valence electrons. The third-order valence-electron chi connectivity index (χ3n) is 3.75. The summed E-state index contributed by atoms with van der Waals surface area (Å²) in [5.74, 6) is 0. The summed E-state index contributed by atoms with van der Waals surface area (Å²) >= 11 is 0. The molecule has 4 heteroatoms. The van der Waals surface area contributed by atoms with Crippen molar-refractivity contribution < 1.29 is 9.47 Å². The number of hydrogen-bond acceptors (Lipinski definition) is 3. The minimum Gasteiger partial charge on any atom is -0.353 e. The van der Waals surface area contributed by atoms with Crippen LogP contribution < -0.4 is 5.32 Å². The molecule has 1 fully saturated rings. The fraction of sp³-hybridized carbons (Fsp3) is 0.562. The van der Waals surface area contributed by atoms with E-state index in [4.69, 9.17) is 9.47 Å². The molecule has 0 amide bonds. The van der Waals surface area contributed by atoms with Crippen LogP contribution in [0.4, 0.5) is 0 Å². The Morgan fingerprint density at radius 1 is 1.45 bits per heavy atom. The lowest BCUT2D eigenvalue weighted by atomic mass is 10.2. The molecule has 0 saturated carbocycles. The van der Waals surface area contributed by atoms with Crippen molar-refractivity contribution in [1.29, 1.82) is 0 Å². The van der Waals surface area contributed by atoms with Crippen molar-refractivity contribution in [3.05, 3.63) is 36.5 Å². The van der Waals surface area contributed by atoms with Gasteiger partial charge >= 0.3 is 0 Å². The molecule has 0 aromatic carbocycles. The Morgan fingerprint density at radius 3 is 2.90 bits per heavy atom. The fourth-order valence-corrected chi connectivity index (χ4v) is 4.29. The maximum absolute atomic E-state index is 5.77. The van der Waals surface area contributed by atoms with Crippen LogP contribution in [0.5, 0.6) is 0 Å². The van der Waals surface area contributed by atoms with E-state index in [1.165, 1.54) is 11.7 Å². The molecule has 3 nitrogen and oxygen atoms in total. The van der Waals surface area contributed by atoms with Crippen molar-refractivity contribution in [2.45, 2.75) is 51.3 Å². The average Bonchev–Trinajstić information content (AvgIpc) is 2.47. The van der Waals surface area contributed by atoms with E-state index in [0.717, 1.165) is 31.1 Å². The van der Waals surface area contributed by atoms with Crippen LogP contribution in [-0.4, -0.2) is 26.0 Å². The molecule has 20 heavy (non-hydrogen) atoms. The molecule has 1 unspecified atom stereocenters. The fourth-order valence-electron chi connectivity index (χ4n) is 2.41. The van der Waals surface area contributed by atoms with Gasteiger partial charge in [-0.05, 0) is 36.9 Å². The highest BCUT2D eigenvalue weighted by atomic mass is 28.3. The van der Waals surface area contributed by atoms with E-state index < -0.39 is 8.07 Å². The van der Waals surface area contributed by atoms with Crippen molar-refractivity contribution >= 4 is 13.4 Å². The quantitative estimate of drug-likeness (QED) is 0.595. The summed E-state index contributed by atoms with van der Waals surface area (Å²) in [5.41, 5.74) is 1.12. The molecule has 1 atom stereocenters. The maximum atomic E-state index is 5.77. The molecule has 1 saturated heterocycles. The minimum atomic E-state index is -1.45. The van der Waals surface area contributed by atoms with E-state index in [1.807, 2.05) is 12.3 Å². The number of allylic oxidation sites excluding steroid dienone is 1. The summed E-state index contributed by atoms with van der Waals surface area (Å²) in [5, 5.41) is 1.23. The molecule has 0 radical (unpaired) electrons. The lowest BCUT2D eigenvalue weighted by Crippen LogP contribution is -2.42. The Kier molecular flexibility index (Phi) is 5.52. The van der Waals surface area contributed by atoms with Crippen molar-refractivity contribution in [2.24, 2.45) is 0 Å². The van der Waals surface area contributed by atoms with Crippen molar-refractivity contribution in [1.82, 2.24) is 4.98 Å². The van der Waals surface area contributed by atoms with Gasteiger partial charge in [0.2, 0.25) is 0 Å². The summed E-state index contributed by atoms with van der Waals surface area (Å²) in [7, 11) is -1.45. The van der Waals surface area contributed by atoms with Gasteiger partial charge in [0, 0.05) is 18.1 Å². The first-order chi connectivity index (χ1) is 9.62. The molecule has 0 N–H and O–H groups in total. The highest BCUT2D eigenvalue weighted by molar-refractivity contribution is 6.89. The first kappa shape index (κ1) is 15.4. The van der Waals surface area contributed by atoms with E-state index in [2.05, 4.69) is 36.8 Å². The van der Waals surface area contributed by atoms with Crippen LogP contribution in [0.1, 0.15) is 24.8 Å².